The van der Waals surface area contributed by atoms with Crippen LogP contribution in [0.4, 0.5) is 0 Å². The van der Waals surface area contributed by atoms with Gasteiger partial charge in [-0.3, -0.25) is 9.59 Å². The zero-order chi connectivity index (χ0) is 11.3. The van der Waals surface area contributed by atoms with Crippen LogP contribution in [0.5, 0.6) is 0 Å². The summed E-state index contributed by atoms with van der Waals surface area (Å²) in [6.45, 7) is 2.00. The zero-order valence-electron chi connectivity index (χ0n) is 7.90. The average Bonchev–Trinajstić information content (AvgIpc) is 2.31. The minimum atomic E-state index is -0.133. The molecule has 0 unspecified atom stereocenters. The smallest absolute Gasteiger partial charge is 0.248 e. The van der Waals surface area contributed by atoms with Crippen molar-refractivity contribution in [1.29, 1.82) is 0 Å². The molecule has 0 aliphatic heterocycles. The molecule has 0 saturated carbocycles. The quantitative estimate of drug-likeness (QED) is 0.707. The third kappa shape index (κ3) is 2.37. The SMILES string of the molecule is C=O.O=Cc1ccc2[nH]c(=O)ccc2c1. The zero-order valence-corrected chi connectivity index (χ0v) is 7.90. The molecule has 0 radical (unpaired) electrons. The highest BCUT2D eigenvalue weighted by Gasteiger charge is 1.95. The molecule has 4 nitrogen and oxygen atoms in total. The molecule has 0 aliphatic rings. The molecule has 1 N–H and O–H groups in total. The normalized spacial score (nSPS) is 9.07. The fraction of sp³-hybridized carbons (Fsp3) is 0. The molecular weight excluding hydrogens is 194 g/mol. The summed E-state index contributed by atoms with van der Waals surface area (Å²) in [6.07, 6.45) is 0.782. The molecule has 0 aliphatic carbocycles. The number of pyridine rings is 1. The molecule has 0 saturated heterocycles. The Morgan fingerprint density at radius 2 is 1.87 bits per heavy atom. The number of nitrogens with one attached hydrogen (secondary N) is 1. The fourth-order valence-electron chi connectivity index (χ4n) is 1.25. The molecular formula is C11H9NO3. The van der Waals surface area contributed by atoms with Crippen molar-refractivity contribution in [2.45, 2.75) is 0 Å². The Balaban J connectivity index is 0.000000531. The van der Waals surface area contributed by atoms with Crippen molar-refractivity contribution in [2.75, 3.05) is 0 Å². The first-order valence-electron chi connectivity index (χ1n) is 4.17. The van der Waals surface area contributed by atoms with Gasteiger partial charge in [0.05, 0.1) is 0 Å². The summed E-state index contributed by atoms with van der Waals surface area (Å²) >= 11 is 0. The van der Waals surface area contributed by atoms with E-state index in [4.69, 9.17) is 4.79 Å². The molecule has 0 spiro atoms. The van der Waals surface area contributed by atoms with E-state index in [9.17, 15) is 9.59 Å². The van der Waals surface area contributed by atoms with Gasteiger partial charge in [-0.2, -0.15) is 0 Å². The number of rotatable bonds is 1. The van der Waals surface area contributed by atoms with Gasteiger partial charge in [0.1, 0.15) is 13.1 Å². The highest BCUT2D eigenvalue weighted by atomic mass is 16.1. The Bertz CT molecular complexity index is 531. The summed E-state index contributed by atoms with van der Waals surface area (Å²) in [7, 11) is 0. The van der Waals surface area contributed by atoms with Crippen LogP contribution in [0.3, 0.4) is 0 Å². The number of aldehydes is 1. The summed E-state index contributed by atoms with van der Waals surface area (Å²) in [5.41, 5.74) is 1.23. The fourth-order valence-corrected chi connectivity index (χ4v) is 1.25. The molecule has 4 heteroatoms. The summed E-state index contributed by atoms with van der Waals surface area (Å²) in [6, 6.07) is 8.27. The van der Waals surface area contributed by atoms with Crippen LogP contribution in [-0.4, -0.2) is 18.1 Å². The lowest BCUT2D eigenvalue weighted by atomic mass is 10.1. The second-order valence-electron chi connectivity index (χ2n) is 2.79. The Hall–Kier alpha value is -2.23. The van der Waals surface area contributed by atoms with Crippen molar-refractivity contribution < 1.29 is 9.59 Å². The molecule has 2 rings (SSSR count). The molecule has 2 aromatic rings. The van der Waals surface area contributed by atoms with Gasteiger partial charge in [0.15, 0.2) is 0 Å². The van der Waals surface area contributed by atoms with Crippen LogP contribution in [0.15, 0.2) is 35.1 Å². The van der Waals surface area contributed by atoms with E-state index in [1.165, 1.54) is 6.07 Å². The summed E-state index contributed by atoms with van der Waals surface area (Å²) in [5.74, 6) is 0. The molecule has 0 amide bonds. The number of aromatic nitrogens is 1. The minimum Gasteiger partial charge on any atom is -0.322 e. The predicted molar refractivity (Wildman–Crippen MR) is 57.1 cm³/mol. The Kier molecular flexibility index (Phi) is 3.51. The number of benzene rings is 1. The lowest BCUT2D eigenvalue weighted by Gasteiger charge is -1.96. The summed E-state index contributed by atoms with van der Waals surface area (Å²) in [4.78, 5) is 32.0. The van der Waals surface area contributed by atoms with Crippen LogP contribution in [0.25, 0.3) is 10.9 Å². The Morgan fingerprint density at radius 3 is 2.53 bits per heavy atom. The monoisotopic (exact) mass is 203 g/mol. The van der Waals surface area contributed by atoms with Gasteiger partial charge in [-0.05, 0) is 29.7 Å². The largest absolute Gasteiger partial charge is 0.322 e. The van der Waals surface area contributed by atoms with Gasteiger partial charge in [-0.25, -0.2) is 0 Å². The first-order valence-corrected chi connectivity index (χ1v) is 4.17. The molecule has 15 heavy (non-hydrogen) atoms. The number of hydrogen-bond acceptors (Lipinski definition) is 3. The molecule has 1 aromatic carbocycles. The second-order valence-corrected chi connectivity index (χ2v) is 2.79. The number of carbonyl (C=O) groups is 2. The van der Waals surface area contributed by atoms with E-state index in [1.807, 2.05) is 6.79 Å². The maximum absolute atomic E-state index is 10.9. The summed E-state index contributed by atoms with van der Waals surface area (Å²) < 4.78 is 0. The van der Waals surface area contributed by atoms with Gasteiger partial charge in [-0.15, -0.1) is 0 Å². The van der Waals surface area contributed by atoms with Crippen LogP contribution >= 0.6 is 0 Å². The van der Waals surface area contributed by atoms with E-state index >= 15 is 0 Å². The Morgan fingerprint density at radius 1 is 1.13 bits per heavy atom. The number of H-pyrrole nitrogens is 1. The summed E-state index contributed by atoms with van der Waals surface area (Å²) in [5, 5.41) is 0.865. The first-order chi connectivity index (χ1) is 7.29. The average molecular weight is 203 g/mol. The highest BCUT2D eigenvalue weighted by Crippen LogP contribution is 2.10. The third-order valence-corrected chi connectivity index (χ3v) is 1.88. The number of aromatic amines is 1. The van der Waals surface area contributed by atoms with E-state index < -0.39 is 0 Å². The molecule has 1 aromatic heterocycles. The van der Waals surface area contributed by atoms with Crippen LogP contribution < -0.4 is 5.56 Å². The van der Waals surface area contributed by atoms with Crippen LogP contribution in [0.2, 0.25) is 0 Å². The number of fused-ring (bicyclic) bond motifs is 1. The highest BCUT2D eigenvalue weighted by molar-refractivity contribution is 5.86. The number of carbonyl (C=O) groups excluding carboxylic acids is 2. The minimum absolute atomic E-state index is 0.133. The van der Waals surface area contributed by atoms with Crippen molar-refractivity contribution >= 4 is 24.0 Å². The maximum Gasteiger partial charge on any atom is 0.248 e. The molecule has 76 valence electrons. The molecule has 0 atom stereocenters. The van der Waals surface area contributed by atoms with Gasteiger partial charge in [0, 0.05) is 17.1 Å². The van der Waals surface area contributed by atoms with E-state index in [2.05, 4.69) is 4.98 Å². The predicted octanol–water partition coefficient (Wildman–Crippen LogP) is 1.16. The van der Waals surface area contributed by atoms with E-state index in [-0.39, 0.29) is 5.56 Å². The van der Waals surface area contributed by atoms with Crippen LogP contribution in [0, 0.1) is 0 Å². The molecule has 0 fully saturated rings. The third-order valence-electron chi connectivity index (χ3n) is 1.88. The van der Waals surface area contributed by atoms with Gasteiger partial charge < -0.3 is 9.78 Å². The molecule has 1 heterocycles. The first kappa shape index (κ1) is 10.8. The van der Waals surface area contributed by atoms with Gasteiger partial charge in [0.25, 0.3) is 0 Å². The van der Waals surface area contributed by atoms with Crippen molar-refractivity contribution in [2.24, 2.45) is 0 Å². The topological polar surface area (TPSA) is 67.0 Å². The lowest BCUT2D eigenvalue weighted by Crippen LogP contribution is -2.02. The van der Waals surface area contributed by atoms with Crippen molar-refractivity contribution in [3.8, 4) is 0 Å². The van der Waals surface area contributed by atoms with Gasteiger partial charge in [0.2, 0.25) is 5.56 Å². The lowest BCUT2D eigenvalue weighted by molar-refractivity contribution is -0.0979. The van der Waals surface area contributed by atoms with Gasteiger partial charge >= 0.3 is 0 Å². The van der Waals surface area contributed by atoms with Crippen molar-refractivity contribution in [3.05, 3.63) is 46.2 Å². The van der Waals surface area contributed by atoms with Crippen molar-refractivity contribution in [3.63, 3.8) is 0 Å². The molecule has 0 bridgehead atoms. The van der Waals surface area contributed by atoms with E-state index in [0.29, 0.717) is 5.56 Å². The van der Waals surface area contributed by atoms with Crippen LogP contribution in [0.1, 0.15) is 10.4 Å². The standard InChI is InChI=1S/C10H7NO2.CH2O/c12-6-7-1-3-9-8(5-7)2-4-10(13)11-9;1-2/h1-6H,(H,11,13);1H2. The van der Waals surface area contributed by atoms with E-state index in [1.54, 1.807) is 24.3 Å². The van der Waals surface area contributed by atoms with Crippen LogP contribution in [-0.2, 0) is 4.79 Å². The second kappa shape index (κ2) is 4.85. The number of hydrogen-bond donors (Lipinski definition) is 1. The van der Waals surface area contributed by atoms with Crippen molar-refractivity contribution in [1.82, 2.24) is 4.98 Å². The van der Waals surface area contributed by atoms with E-state index in [0.717, 1.165) is 17.2 Å². The Labute approximate surface area is 85.6 Å². The van der Waals surface area contributed by atoms with Gasteiger partial charge in [-0.1, -0.05) is 0 Å². The maximum atomic E-state index is 10.9.